The Labute approximate surface area is 110 Å². The van der Waals surface area contributed by atoms with Gasteiger partial charge in [0.2, 0.25) is 0 Å². The Bertz CT molecular complexity index is 494. The van der Waals surface area contributed by atoms with Gasteiger partial charge in [0.1, 0.15) is 5.69 Å². The summed E-state index contributed by atoms with van der Waals surface area (Å²) in [5.41, 5.74) is 0.802. The van der Waals surface area contributed by atoms with Crippen LogP contribution < -0.4 is 10.2 Å². The van der Waals surface area contributed by atoms with Crippen LogP contribution in [0.4, 0.5) is 11.4 Å². The average molecular weight is 268 g/mol. The lowest BCUT2D eigenvalue weighted by molar-refractivity contribution is -0.384. The summed E-state index contributed by atoms with van der Waals surface area (Å²) in [6.07, 6.45) is 1.09. The number of halogens is 1. The van der Waals surface area contributed by atoms with Crippen molar-refractivity contribution in [3.63, 3.8) is 0 Å². The van der Waals surface area contributed by atoms with Crippen molar-refractivity contribution in [2.45, 2.75) is 12.5 Å². The van der Waals surface area contributed by atoms with Gasteiger partial charge >= 0.3 is 0 Å². The highest BCUT2D eigenvalue weighted by Gasteiger charge is 2.39. The van der Waals surface area contributed by atoms with Crippen LogP contribution in [0.5, 0.6) is 0 Å². The second-order valence-corrected chi connectivity index (χ2v) is 5.29. The van der Waals surface area contributed by atoms with Gasteiger partial charge in [-0.3, -0.25) is 10.1 Å². The molecule has 2 aliphatic rings. The Morgan fingerprint density at radius 2 is 2.28 bits per heavy atom. The van der Waals surface area contributed by atoms with Gasteiger partial charge in [-0.2, -0.15) is 0 Å². The Morgan fingerprint density at radius 1 is 1.44 bits per heavy atom. The van der Waals surface area contributed by atoms with Gasteiger partial charge in [0, 0.05) is 36.8 Å². The molecule has 0 aliphatic carbocycles. The van der Waals surface area contributed by atoms with Gasteiger partial charge in [-0.05, 0) is 24.5 Å². The van der Waals surface area contributed by atoms with Crippen LogP contribution in [-0.4, -0.2) is 30.6 Å². The number of nitro benzene ring substituents is 1. The smallest absolute Gasteiger partial charge is 0.294 e. The Hall–Kier alpha value is -1.33. The number of hydrogen-bond acceptors (Lipinski definition) is 4. The van der Waals surface area contributed by atoms with Gasteiger partial charge < -0.3 is 10.2 Å². The van der Waals surface area contributed by atoms with E-state index in [1.54, 1.807) is 12.1 Å². The van der Waals surface area contributed by atoms with Crippen LogP contribution in [0.15, 0.2) is 18.2 Å². The minimum Gasteiger partial charge on any atom is -0.361 e. The largest absolute Gasteiger partial charge is 0.361 e. The number of benzene rings is 1. The third-order valence-electron chi connectivity index (χ3n) is 3.89. The first kappa shape index (κ1) is 11.7. The van der Waals surface area contributed by atoms with Crippen LogP contribution in [0.25, 0.3) is 0 Å². The van der Waals surface area contributed by atoms with Crippen molar-refractivity contribution in [1.82, 2.24) is 5.32 Å². The molecule has 2 saturated heterocycles. The van der Waals surface area contributed by atoms with E-state index in [0.29, 0.717) is 22.7 Å². The molecular weight excluding hydrogens is 254 g/mol. The molecule has 18 heavy (non-hydrogen) atoms. The molecular formula is C12H14ClN3O2. The molecule has 2 heterocycles. The molecule has 5 nitrogen and oxygen atoms in total. The van der Waals surface area contributed by atoms with E-state index in [9.17, 15) is 10.1 Å². The van der Waals surface area contributed by atoms with Crippen LogP contribution in [0.2, 0.25) is 5.02 Å². The standard InChI is InChI=1S/C12H14ClN3O2/c13-9-1-2-10(11(5-9)16(17)18)15-4-3-8-6-14-7-12(8)15/h1-2,5,8,12,14H,3-4,6-7H2/t8-,12+/m1/s1. The zero-order valence-electron chi connectivity index (χ0n) is 9.80. The van der Waals surface area contributed by atoms with Gasteiger partial charge in [0.15, 0.2) is 0 Å². The maximum atomic E-state index is 11.1. The third kappa shape index (κ3) is 1.83. The van der Waals surface area contributed by atoms with Crippen molar-refractivity contribution in [2.75, 3.05) is 24.5 Å². The summed E-state index contributed by atoms with van der Waals surface area (Å²) in [5, 5.41) is 14.9. The quantitative estimate of drug-likeness (QED) is 0.658. The monoisotopic (exact) mass is 267 g/mol. The Morgan fingerprint density at radius 3 is 3.06 bits per heavy atom. The van der Waals surface area contributed by atoms with Crippen molar-refractivity contribution in [3.05, 3.63) is 33.3 Å². The molecule has 6 heteroatoms. The van der Waals surface area contributed by atoms with Crippen molar-refractivity contribution in [1.29, 1.82) is 0 Å². The molecule has 1 aromatic rings. The van der Waals surface area contributed by atoms with Crippen molar-refractivity contribution >= 4 is 23.0 Å². The van der Waals surface area contributed by atoms with E-state index in [4.69, 9.17) is 11.6 Å². The maximum Gasteiger partial charge on any atom is 0.294 e. The van der Waals surface area contributed by atoms with E-state index in [1.165, 1.54) is 6.07 Å². The zero-order valence-corrected chi connectivity index (χ0v) is 10.6. The second-order valence-electron chi connectivity index (χ2n) is 4.86. The first-order valence-corrected chi connectivity index (χ1v) is 6.46. The second kappa shape index (κ2) is 4.40. The Kier molecular flexibility index (Phi) is 2.87. The first-order chi connectivity index (χ1) is 8.66. The minimum absolute atomic E-state index is 0.107. The lowest BCUT2D eigenvalue weighted by Crippen LogP contribution is -2.34. The molecule has 0 unspecified atom stereocenters. The fraction of sp³-hybridized carbons (Fsp3) is 0.500. The molecule has 3 rings (SSSR count). The highest BCUT2D eigenvalue weighted by Crippen LogP contribution is 2.38. The molecule has 0 spiro atoms. The number of rotatable bonds is 2. The summed E-state index contributed by atoms with van der Waals surface area (Å²) in [6, 6.07) is 5.30. The molecule has 0 bridgehead atoms. The van der Waals surface area contributed by atoms with Crippen molar-refractivity contribution in [2.24, 2.45) is 5.92 Å². The van der Waals surface area contributed by atoms with E-state index in [0.717, 1.165) is 26.1 Å². The fourth-order valence-corrected chi connectivity index (χ4v) is 3.20. The van der Waals surface area contributed by atoms with Crippen LogP contribution in [0, 0.1) is 16.0 Å². The number of nitro groups is 1. The van der Waals surface area contributed by atoms with Crippen molar-refractivity contribution < 1.29 is 4.92 Å². The normalized spacial score (nSPS) is 26.4. The molecule has 0 radical (unpaired) electrons. The lowest BCUT2D eigenvalue weighted by Gasteiger charge is -2.25. The summed E-state index contributed by atoms with van der Waals surface area (Å²) < 4.78 is 0. The van der Waals surface area contributed by atoms with Gasteiger partial charge in [0.25, 0.3) is 5.69 Å². The molecule has 2 aliphatic heterocycles. The summed E-state index contributed by atoms with van der Waals surface area (Å²) in [4.78, 5) is 12.9. The molecule has 0 saturated carbocycles. The van der Waals surface area contributed by atoms with E-state index < -0.39 is 0 Å². The summed E-state index contributed by atoms with van der Waals surface area (Å²) in [5.74, 6) is 0.611. The predicted octanol–water partition coefficient (Wildman–Crippen LogP) is 2.05. The van der Waals surface area contributed by atoms with Gasteiger partial charge in [-0.15, -0.1) is 0 Å². The van der Waals surface area contributed by atoms with Crippen molar-refractivity contribution in [3.8, 4) is 0 Å². The molecule has 1 N–H and O–H groups in total. The fourth-order valence-electron chi connectivity index (χ4n) is 3.03. The van der Waals surface area contributed by atoms with Gasteiger partial charge in [0.05, 0.1) is 4.92 Å². The minimum atomic E-state index is -0.350. The highest BCUT2D eigenvalue weighted by atomic mass is 35.5. The predicted molar refractivity (Wildman–Crippen MR) is 70.2 cm³/mol. The van der Waals surface area contributed by atoms with E-state index >= 15 is 0 Å². The number of hydrogen-bond donors (Lipinski definition) is 1. The van der Waals surface area contributed by atoms with Gasteiger partial charge in [-0.1, -0.05) is 11.6 Å². The SMILES string of the molecule is O=[N+]([O-])c1cc(Cl)ccc1N1CC[C@@H]2CNC[C@@H]21. The number of nitrogens with zero attached hydrogens (tertiary/aromatic N) is 2. The first-order valence-electron chi connectivity index (χ1n) is 6.08. The Balaban J connectivity index is 1.99. The summed E-state index contributed by atoms with van der Waals surface area (Å²) >= 11 is 5.84. The lowest BCUT2D eigenvalue weighted by atomic mass is 10.0. The van der Waals surface area contributed by atoms with Crippen LogP contribution in [0.3, 0.4) is 0 Å². The molecule has 2 atom stereocenters. The number of anilines is 1. The molecule has 0 amide bonds. The summed E-state index contributed by atoms with van der Waals surface area (Å²) in [7, 11) is 0. The van der Waals surface area contributed by atoms with Crippen LogP contribution in [-0.2, 0) is 0 Å². The van der Waals surface area contributed by atoms with E-state index in [1.807, 2.05) is 0 Å². The molecule has 0 aromatic heterocycles. The number of nitrogens with one attached hydrogen (secondary N) is 1. The molecule has 96 valence electrons. The zero-order chi connectivity index (χ0) is 12.7. The van der Waals surface area contributed by atoms with E-state index in [2.05, 4.69) is 10.2 Å². The van der Waals surface area contributed by atoms with Gasteiger partial charge in [-0.25, -0.2) is 0 Å². The number of fused-ring (bicyclic) bond motifs is 1. The van der Waals surface area contributed by atoms with Crippen LogP contribution in [0.1, 0.15) is 6.42 Å². The van der Waals surface area contributed by atoms with Crippen LogP contribution >= 0.6 is 11.6 Å². The third-order valence-corrected chi connectivity index (χ3v) is 4.12. The average Bonchev–Trinajstić information content (AvgIpc) is 2.91. The van der Waals surface area contributed by atoms with E-state index in [-0.39, 0.29) is 10.6 Å². The molecule has 1 aromatic carbocycles. The molecule has 2 fully saturated rings. The maximum absolute atomic E-state index is 11.1. The highest BCUT2D eigenvalue weighted by molar-refractivity contribution is 6.30. The summed E-state index contributed by atoms with van der Waals surface area (Å²) in [6.45, 7) is 2.81. The topological polar surface area (TPSA) is 58.4 Å².